The zero-order valence-electron chi connectivity index (χ0n) is 18.8. The van der Waals surface area contributed by atoms with Crippen molar-refractivity contribution in [3.05, 3.63) is 84.2 Å². The number of para-hydroxylation sites is 1. The zero-order chi connectivity index (χ0) is 22.6. The van der Waals surface area contributed by atoms with Gasteiger partial charge in [0, 0.05) is 44.0 Å². The summed E-state index contributed by atoms with van der Waals surface area (Å²) in [6.07, 6.45) is 3.05. The predicted molar refractivity (Wildman–Crippen MR) is 129 cm³/mol. The number of hydrogen-bond acceptors (Lipinski definition) is 4. The van der Waals surface area contributed by atoms with E-state index in [9.17, 15) is 4.79 Å². The highest BCUT2D eigenvalue weighted by Crippen LogP contribution is 2.27. The molecule has 2 aromatic heterocycles. The first-order chi connectivity index (χ1) is 16.2. The van der Waals surface area contributed by atoms with E-state index in [0.717, 1.165) is 38.0 Å². The van der Waals surface area contributed by atoms with Gasteiger partial charge in [0.15, 0.2) is 6.10 Å². The summed E-state index contributed by atoms with van der Waals surface area (Å²) in [5.74, 6) is 0.522. The Labute approximate surface area is 193 Å². The second-order valence-electron chi connectivity index (χ2n) is 8.57. The molecule has 3 heterocycles. The van der Waals surface area contributed by atoms with Gasteiger partial charge in [-0.15, -0.1) is 0 Å². The molecule has 7 nitrogen and oxygen atoms in total. The monoisotopic (exact) mass is 443 g/mol. The number of methoxy groups -OCH3 is 1. The van der Waals surface area contributed by atoms with E-state index in [1.807, 2.05) is 41.1 Å². The number of ether oxygens (including phenoxy) is 1. The van der Waals surface area contributed by atoms with Crippen LogP contribution in [0.15, 0.2) is 72.9 Å². The van der Waals surface area contributed by atoms with Gasteiger partial charge in [-0.3, -0.25) is 9.69 Å². The summed E-state index contributed by atoms with van der Waals surface area (Å²) in [6.45, 7) is 2.88. The molecule has 0 saturated carbocycles. The lowest BCUT2D eigenvalue weighted by molar-refractivity contribution is -0.126. The third-order valence-electron chi connectivity index (χ3n) is 6.38. The largest absolute Gasteiger partial charge is 0.367 e. The first kappa shape index (κ1) is 21.4. The second kappa shape index (κ2) is 9.60. The van der Waals surface area contributed by atoms with E-state index in [1.54, 1.807) is 13.3 Å². The average molecular weight is 444 g/mol. The van der Waals surface area contributed by atoms with Crippen LogP contribution in [-0.2, 0) is 16.1 Å². The molecule has 4 aromatic rings. The minimum atomic E-state index is -0.660. The molecular formula is C26H29N5O2. The van der Waals surface area contributed by atoms with E-state index in [0.29, 0.717) is 5.82 Å². The average Bonchev–Trinajstić information content (AvgIpc) is 3.47. The Kier molecular flexibility index (Phi) is 6.24. The number of carbonyl (C=O) groups is 1. The van der Waals surface area contributed by atoms with Gasteiger partial charge in [0.05, 0.1) is 12.2 Å². The van der Waals surface area contributed by atoms with Gasteiger partial charge in [0.25, 0.3) is 5.91 Å². The van der Waals surface area contributed by atoms with Crippen molar-refractivity contribution >= 4 is 22.6 Å². The van der Waals surface area contributed by atoms with Gasteiger partial charge in [0.2, 0.25) is 0 Å². The van der Waals surface area contributed by atoms with Crippen molar-refractivity contribution in [1.82, 2.24) is 19.7 Å². The highest BCUT2D eigenvalue weighted by atomic mass is 16.5. The summed E-state index contributed by atoms with van der Waals surface area (Å²) in [6, 6.07) is 22.3. The number of nitrogens with zero attached hydrogens (tertiary/aromatic N) is 3. The number of amides is 1. The highest BCUT2D eigenvalue weighted by molar-refractivity contribution is 5.94. The molecule has 33 heavy (non-hydrogen) atoms. The highest BCUT2D eigenvalue weighted by Gasteiger charge is 2.25. The van der Waals surface area contributed by atoms with Gasteiger partial charge in [-0.2, -0.15) is 5.10 Å². The maximum absolute atomic E-state index is 12.9. The third kappa shape index (κ3) is 4.69. The van der Waals surface area contributed by atoms with Crippen molar-refractivity contribution < 1.29 is 9.53 Å². The Morgan fingerprint density at radius 3 is 2.64 bits per heavy atom. The van der Waals surface area contributed by atoms with Crippen LogP contribution in [-0.4, -0.2) is 45.8 Å². The van der Waals surface area contributed by atoms with Crippen molar-refractivity contribution in [3.63, 3.8) is 0 Å². The van der Waals surface area contributed by atoms with Crippen LogP contribution < -0.4 is 5.32 Å². The molecule has 170 valence electrons. The molecule has 2 N–H and O–H groups in total. The third-order valence-corrected chi connectivity index (χ3v) is 6.38. The smallest absolute Gasteiger partial charge is 0.259 e. The summed E-state index contributed by atoms with van der Waals surface area (Å²) < 4.78 is 7.43. The first-order valence-electron chi connectivity index (χ1n) is 11.4. The van der Waals surface area contributed by atoms with Gasteiger partial charge < -0.3 is 15.0 Å². The van der Waals surface area contributed by atoms with Crippen LogP contribution in [0.25, 0.3) is 10.9 Å². The fourth-order valence-electron chi connectivity index (χ4n) is 4.70. The van der Waals surface area contributed by atoms with Crippen LogP contribution in [0.2, 0.25) is 0 Å². The number of nitrogens with one attached hydrogen (secondary N) is 2. The molecule has 1 unspecified atom stereocenters. The Balaban J connectivity index is 1.20. The molecule has 0 bridgehead atoms. The molecule has 2 aromatic carbocycles. The number of fused-ring (bicyclic) bond motifs is 1. The van der Waals surface area contributed by atoms with E-state index in [4.69, 9.17) is 4.74 Å². The van der Waals surface area contributed by atoms with Crippen molar-refractivity contribution in [3.8, 4) is 0 Å². The number of aromatic nitrogens is 3. The van der Waals surface area contributed by atoms with Crippen LogP contribution in [0.5, 0.6) is 0 Å². The van der Waals surface area contributed by atoms with Gasteiger partial charge in [-0.1, -0.05) is 48.5 Å². The molecule has 1 amide bonds. The zero-order valence-corrected chi connectivity index (χ0v) is 18.8. The minimum absolute atomic E-state index is 0.193. The maximum Gasteiger partial charge on any atom is 0.259 e. The van der Waals surface area contributed by atoms with Crippen LogP contribution in [0.4, 0.5) is 5.82 Å². The molecule has 5 rings (SSSR count). The topological polar surface area (TPSA) is 75.2 Å². The van der Waals surface area contributed by atoms with Gasteiger partial charge in [-0.25, -0.2) is 4.68 Å². The molecule has 0 spiro atoms. The fraction of sp³-hybridized carbons (Fsp3) is 0.308. The summed E-state index contributed by atoms with van der Waals surface area (Å²) in [5, 5.41) is 8.80. The quantitative estimate of drug-likeness (QED) is 0.440. The molecule has 1 aliphatic rings. The Hall–Kier alpha value is -3.42. The number of piperidine rings is 1. The molecule has 1 atom stereocenters. The normalized spacial score (nSPS) is 16.2. The van der Waals surface area contributed by atoms with Gasteiger partial charge in [-0.05, 0) is 35.9 Å². The lowest BCUT2D eigenvalue weighted by Gasteiger charge is -2.32. The maximum atomic E-state index is 12.9. The Bertz CT molecular complexity index is 1170. The van der Waals surface area contributed by atoms with Crippen molar-refractivity contribution in [2.24, 2.45) is 0 Å². The van der Waals surface area contributed by atoms with Crippen molar-refractivity contribution in [2.45, 2.75) is 31.5 Å². The summed E-state index contributed by atoms with van der Waals surface area (Å²) in [4.78, 5) is 18.9. The number of H-pyrrole nitrogens is 1. The predicted octanol–water partition coefficient (Wildman–Crippen LogP) is 4.53. The van der Waals surface area contributed by atoms with E-state index in [-0.39, 0.29) is 11.9 Å². The van der Waals surface area contributed by atoms with Crippen molar-refractivity contribution in [2.75, 3.05) is 25.5 Å². The summed E-state index contributed by atoms with van der Waals surface area (Å²) in [5.41, 5.74) is 3.26. The second-order valence-corrected chi connectivity index (χ2v) is 8.57. The number of aromatic amines is 1. The number of benzene rings is 2. The van der Waals surface area contributed by atoms with Gasteiger partial charge >= 0.3 is 0 Å². The number of likely N-dealkylation sites (tertiary alicyclic amines) is 1. The lowest BCUT2D eigenvalue weighted by Crippen LogP contribution is -2.35. The lowest BCUT2D eigenvalue weighted by atomic mass is 10.0. The number of anilines is 1. The summed E-state index contributed by atoms with van der Waals surface area (Å²) >= 11 is 0. The van der Waals surface area contributed by atoms with Crippen LogP contribution in [0.1, 0.15) is 36.2 Å². The van der Waals surface area contributed by atoms with E-state index in [1.165, 1.54) is 16.6 Å². The number of carbonyl (C=O) groups excluding carboxylic acids is 1. The number of rotatable bonds is 7. The Morgan fingerprint density at radius 2 is 1.88 bits per heavy atom. The van der Waals surface area contributed by atoms with Crippen LogP contribution in [0, 0.1) is 0 Å². The van der Waals surface area contributed by atoms with Crippen molar-refractivity contribution in [1.29, 1.82) is 0 Å². The van der Waals surface area contributed by atoms with Crippen LogP contribution in [0.3, 0.4) is 0 Å². The first-order valence-corrected chi connectivity index (χ1v) is 11.4. The molecule has 1 fully saturated rings. The van der Waals surface area contributed by atoms with E-state index >= 15 is 0 Å². The Morgan fingerprint density at radius 1 is 1.12 bits per heavy atom. The summed E-state index contributed by atoms with van der Waals surface area (Å²) in [7, 11) is 1.55. The fourth-order valence-corrected chi connectivity index (χ4v) is 4.70. The minimum Gasteiger partial charge on any atom is -0.367 e. The number of hydrogen-bond donors (Lipinski definition) is 2. The molecule has 0 radical (unpaired) electrons. The van der Waals surface area contributed by atoms with E-state index < -0.39 is 6.10 Å². The molecular weight excluding hydrogens is 414 g/mol. The molecule has 1 saturated heterocycles. The van der Waals surface area contributed by atoms with E-state index in [2.05, 4.69) is 50.6 Å². The van der Waals surface area contributed by atoms with Crippen LogP contribution >= 0.6 is 0 Å². The SMILES string of the molecule is COC(C(=O)Nc1ccnn1C1CCN(Cc2cc3ccccc3[nH]2)CC1)c1ccccc1. The molecule has 1 aliphatic heterocycles. The molecule has 0 aliphatic carbocycles. The standard InChI is InChI=1S/C26H29N5O2/c1-33-25(19-7-3-2-4-8-19)26(32)29-24-11-14-27-31(24)22-12-15-30(16-13-22)18-21-17-20-9-5-6-10-23(20)28-21/h2-11,14,17,22,25,28H,12-13,15-16,18H2,1H3,(H,29,32). The molecule has 7 heteroatoms. The van der Waals surface area contributed by atoms with Gasteiger partial charge in [0.1, 0.15) is 5.82 Å².